The summed E-state index contributed by atoms with van der Waals surface area (Å²) in [5, 5.41) is 12.2. The Morgan fingerprint density at radius 3 is 2.72 bits per heavy atom. The maximum atomic E-state index is 8.75. The zero-order valence-corrected chi connectivity index (χ0v) is 10.9. The van der Waals surface area contributed by atoms with Gasteiger partial charge in [-0.15, -0.1) is 6.42 Å². The molecule has 0 aliphatic carbocycles. The molecule has 0 radical (unpaired) electrons. The van der Waals surface area contributed by atoms with Gasteiger partial charge in [-0.25, -0.2) is 0 Å². The van der Waals surface area contributed by atoms with E-state index in [-0.39, 0.29) is 6.61 Å². The topological polar surface area (TPSA) is 41.5 Å². The Morgan fingerprint density at radius 1 is 1.39 bits per heavy atom. The Kier molecular flexibility index (Phi) is 6.93. The summed E-state index contributed by atoms with van der Waals surface area (Å²) in [6, 6.07) is 8.31. The van der Waals surface area contributed by atoms with Crippen LogP contribution in [-0.4, -0.2) is 24.4 Å². The molecule has 0 amide bonds. The number of benzene rings is 1. The molecule has 1 aromatic rings. The lowest BCUT2D eigenvalue weighted by molar-refractivity contribution is 0.276. The zero-order valence-electron chi connectivity index (χ0n) is 10.9. The van der Waals surface area contributed by atoms with Crippen LogP contribution in [0.1, 0.15) is 25.3 Å². The molecular formula is C15H21NO2. The van der Waals surface area contributed by atoms with Gasteiger partial charge in [-0.3, -0.25) is 0 Å². The third-order valence-electron chi connectivity index (χ3n) is 2.70. The first kappa shape index (κ1) is 14.6. The predicted octanol–water partition coefficient (Wildman–Crippen LogP) is 1.95. The highest BCUT2D eigenvalue weighted by Gasteiger charge is 2.01. The van der Waals surface area contributed by atoms with Crippen molar-refractivity contribution in [2.45, 2.75) is 32.4 Å². The summed E-state index contributed by atoms with van der Waals surface area (Å²) in [6.45, 7) is 3.51. The summed E-state index contributed by atoms with van der Waals surface area (Å²) in [5.74, 6) is 3.23. The van der Waals surface area contributed by atoms with Gasteiger partial charge in [-0.1, -0.05) is 18.1 Å². The smallest absolute Gasteiger partial charge is 0.148 e. The molecule has 1 aromatic carbocycles. The van der Waals surface area contributed by atoms with Crippen LogP contribution in [0.15, 0.2) is 24.3 Å². The van der Waals surface area contributed by atoms with Gasteiger partial charge in [0.15, 0.2) is 0 Å². The summed E-state index contributed by atoms with van der Waals surface area (Å²) in [4.78, 5) is 0. The van der Waals surface area contributed by atoms with Crippen molar-refractivity contribution in [3.8, 4) is 18.1 Å². The second-order valence-corrected chi connectivity index (χ2v) is 4.28. The van der Waals surface area contributed by atoms with Crippen LogP contribution in [0.3, 0.4) is 0 Å². The average Bonchev–Trinajstić information content (AvgIpc) is 2.41. The predicted molar refractivity (Wildman–Crippen MR) is 73.4 cm³/mol. The molecule has 0 heterocycles. The van der Waals surface area contributed by atoms with E-state index in [1.165, 1.54) is 5.56 Å². The highest BCUT2D eigenvalue weighted by Crippen LogP contribution is 2.12. The van der Waals surface area contributed by atoms with E-state index < -0.39 is 0 Å². The SMILES string of the molecule is C#CCOc1ccc(CNC(C)CCCO)cc1. The average molecular weight is 247 g/mol. The Morgan fingerprint density at radius 2 is 2.11 bits per heavy atom. The van der Waals surface area contributed by atoms with E-state index in [2.05, 4.69) is 18.2 Å². The molecule has 18 heavy (non-hydrogen) atoms. The van der Waals surface area contributed by atoms with Crippen molar-refractivity contribution < 1.29 is 9.84 Å². The number of terminal acetylenes is 1. The molecule has 0 saturated heterocycles. The van der Waals surface area contributed by atoms with Gasteiger partial charge < -0.3 is 15.2 Å². The van der Waals surface area contributed by atoms with Crippen molar-refractivity contribution in [2.24, 2.45) is 0 Å². The van der Waals surface area contributed by atoms with E-state index in [0.717, 1.165) is 25.1 Å². The summed E-state index contributed by atoms with van der Waals surface area (Å²) in [7, 11) is 0. The number of hydrogen-bond donors (Lipinski definition) is 2. The molecule has 0 spiro atoms. The molecule has 0 bridgehead atoms. The molecule has 1 atom stereocenters. The molecule has 1 unspecified atom stereocenters. The molecule has 2 N–H and O–H groups in total. The fourth-order valence-electron chi connectivity index (χ4n) is 1.62. The van der Waals surface area contributed by atoms with Gasteiger partial charge in [-0.05, 0) is 37.5 Å². The van der Waals surface area contributed by atoms with Crippen LogP contribution >= 0.6 is 0 Å². The van der Waals surface area contributed by atoms with E-state index >= 15 is 0 Å². The zero-order chi connectivity index (χ0) is 13.2. The van der Waals surface area contributed by atoms with Crippen molar-refractivity contribution in [2.75, 3.05) is 13.2 Å². The minimum Gasteiger partial charge on any atom is -0.481 e. The number of aliphatic hydroxyl groups excluding tert-OH is 1. The normalized spacial score (nSPS) is 11.8. The van der Waals surface area contributed by atoms with Gasteiger partial charge in [0.2, 0.25) is 0 Å². The molecule has 0 aliphatic heterocycles. The van der Waals surface area contributed by atoms with Crippen LogP contribution in [0.4, 0.5) is 0 Å². The van der Waals surface area contributed by atoms with Gasteiger partial charge >= 0.3 is 0 Å². The van der Waals surface area contributed by atoms with Gasteiger partial charge in [0.05, 0.1) is 0 Å². The lowest BCUT2D eigenvalue weighted by Crippen LogP contribution is -2.25. The highest BCUT2D eigenvalue weighted by molar-refractivity contribution is 5.27. The molecule has 3 nitrogen and oxygen atoms in total. The summed E-state index contributed by atoms with van der Waals surface area (Å²) >= 11 is 0. The number of ether oxygens (including phenoxy) is 1. The third-order valence-corrected chi connectivity index (χ3v) is 2.70. The maximum Gasteiger partial charge on any atom is 0.148 e. The fraction of sp³-hybridized carbons (Fsp3) is 0.467. The largest absolute Gasteiger partial charge is 0.481 e. The standard InChI is InChI=1S/C15H21NO2/c1-3-11-18-15-8-6-14(7-9-15)12-16-13(2)5-4-10-17/h1,6-9,13,16-17H,4-5,10-12H2,2H3. The van der Waals surface area contributed by atoms with Crippen molar-refractivity contribution in [1.82, 2.24) is 5.32 Å². The second kappa shape index (κ2) is 8.57. The first-order valence-electron chi connectivity index (χ1n) is 6.25. The molecule has 3 heteroatoms. The minimum absolute atomic E-state index is 0.257. The second-order valence-electron chi connectivity index (χ2n) is 4.28. The summed E-state index contributed by atoms with van der Waals surface area (Å²) in [5.41, 5.74) is 1.21. The Labute approximate surface area is 109 Å². The van der Waals surface area contributed by atoms with E-state index in [1.54, 1.807) is 0 Å². The quantitative estimate of drug-likeness (QED) is 0.690. The lowest BCUT2D eigenvalue weighted by atomic mass is 10.1. The van der Waals surface area contributed by atoms with Gasteiger partial charge in [-0.2, -0.15) is 0 Å². The molecule has 0 fully saturated rings. The van der Waals surface area contributed by atoms with Crippen molar-refractivity contribution >= 4 is 0 Å². The third kappa shape index (κ3) is 5.72. The van der Waals surface area contributed by atoms with Crippen LogP contribution in [0.2, 0.25) is 0 Å². The van der Waals surface area contributed by atoms with Crippen LogP contribution in [0.5, 0.6) is 5.75 Å². The van der Waals surface area contributed by atoms with E-state index in [1.807, 2.05) is 24.3 Å². The molecule has 1 rings (SSSR count). The first-order valence-corrected chi connectivity index (χ1v) is 6.25. The molecule has 0 saturated carbocycles. The van der Waals surface area contributed by atoms with E-state index in [9.17, 15) is 0 Å². The van der Waals surface area contributed by atoms with Gasteiger partial charge in [0.25, 0.3) is 0 Å². The first-order chi connectivity index (χ1) is 8.76. The summed E-state index contributed by atoms with van der Waals surface area (Å²) in [6.07, 6.45) is 6.95. The van der Waals surface area contributed by atoms with Crippen molar-refractivity contribution in [3.63, 3.8) is 0 Å². The Balaban J connectivity index is 2.32. The van der Waals surface area contributed by atoms with Crippen molar-refractivity contribution in [1.29, 1.82) is 0 Å². The maximum absolute atomic E-state index is 8.75. The lowest BCUT2D eigenvalue weighted by Gasteiger charge is -2.13. The van der Waals surface area contributed by atoms with Crippen molar-refractivity contribution in [3.05, 3.63) is 29.8 Å². The van der Waals surface area contributed by atoms with E-state index in [4.69, 9.17) is 16.3 Å². The Bertz CT molecular complexity index is 367. The minimum atomic E-state index is 0.257. The fourth-order valence-corrected chi connectivity index (χ4v) is 1.62. The Hall–Kier alpha value is -1.50. The number of hydrogen-bond acceptors (Lipinski definition) is 3. The molecule has 0 aromatic heterocycles. The van der Waals surface area contributed by atoms with Crippen LogP contribution in [-0.2, 0) is 6.54 Å². The molecule has 0 aliphatic rings. The number of rotatable bonds is 8. The molecule has 98 valence electrons. The highest BCUT2D eigenvalue weighted by atomic mass is 16.5. The number of nitrogens with one attached hydrogen (secondary N) is 1. The van der Waals surface area contributed by atoms with Crippen LogP contribution in [0.25, 0.3) is 0 Å². The van der Waals surface area contributed by atoms with Crippen LogP contribution in [0, 0.1) is 12.3 Å². The monoisotopic (exact) mass is 247 g/mol. The van der Waals surface area contributed by atoms with E-state index in [0.29, 0.717) is 12.6 Å². The summed E-state index contributed by atoms with van der Waals surface area (Å²) < 4.78 is 5.30. The van der Waals surface area contributed by atoms with Gasteiger partial charge in [0, 0.05) is 19.2 Å². The number of aliphatic hydroxyl groups is 1. The van der Waals surface area contributed by atoms with Crippen LogP contribution < -0.4 is 10.1 Å². The van der Waals surface area contributed by atoms with Gasteiger partial charge in [0.1, 0.15) is 12.4 Å². The molecular weight excluding hydrogens is 226 g/mol.